The molecular formula is C21H26N4O3. The van der Waals surface area contributed by atoms with Gasteiger partial charge in [0.15, 0.2) is 11.6 Å². The number of fused-ring (bicyclic) bond motifs is 1. The number of benzene rings is 1. The molecule has 0 saturated carbocycles. The van der Waals surface area contributed by atoms with Crippen LogP contribution in [0.2, 0.25) is 0 Å². The van der Waals surface area contributed by atoms with E-state index in [1.165, 1.54) is 11.1 Å². The predicted octanol–water partition coefficient (Wildman–Crippen LogP) is 1.09. The highest BCUT2D eigenvalue weighted by Crippen LogP contribution is 2.31. The van der Waals surface area contributed by atoms with Crippen LogP contribution in [0.25, 0.3) is 0 Å². The first-order valence-corrected chi connectivity index (χ1v) is 9.99. The van der Waals surface area contributed by atoms with Gasteiger partial charge in [0, 0.05) is 38.6 Å². The normalized spacial score (nSPS) is 26.0. The van der Waals surface area contributed by atoms with E-state index < -0.39 is 5.79 Å². The molecule has 148 valence electrons. The molecule has 3 heterocycles. The molecule has 2 fully saturated rings. The van der Waals surface area contributed by atoms with Gasteiger partial charge in [-0.05, 0) is 24.0 Å². The molecule has 1 unspecified atom stereocenters. The van der Waals surface area contributed by atoms with E-state index in [4.69, 9.17) is 9.47 Å². The Bertz CT molecular complexity index is 853. The highest BCUT2D eigenvalue weighted by molar-refractivity contribution is 5.90. The van der Waals surface area contributed by atoms with Gasteiger partial charge in [-0.15, -0.1) is 0 Å². The minimum absolute atomic E-state index is 0.0656. The van der Waals surface area contributed by atoms with Crippen LogP contribution in [-0.2, 0) is 29.4 Å². The van der Waals surface area contributed by atoms with Crippen LogP contribution in [0.5, 0.6) is 0 Å². The summed E-state index contributed by atoms with van der Waals surface area (Å²) in [6.07, 6.45) is 5.59. The van der Waals surface area contributed by atoms with Crippen molar-refractivity contribution in [2.24, 2.45) is 7.05 Å². The highest BCUT2D eigenvalue weighted by Gasteiger charge is 2.45. The van der Waals surface area contributed by atoms with Crippen molar-refractivity contribution in [2.75, 3.05) is 39.4 Å². The fourth-order valence-electron chi connectivity index (χ4n) is 4.72. The van der Waals surface area contributed by atoms with Gasteiger partial charge in [-0.1, -0.05) is 24.3 Å². The van der Waals surface area contributed by atoms with Crippen molar-refractivity contribution < 1.29 is 14.3 Å². The molecule has 7 heteroatoms. The summed E-state index contributed by atoms with van der Waals surface area (Å²) in [5.41, 5.74) is 2.90. The second kappa shape index (κ2) is 6.99. The van der Waals surface area contributed by atoms with E-state index in [-0.39, 0.29) is 5.91 Å². The summed E-state index contributed by atoms with van der Waals surface area (Å²) >= 11 is 0. The fourth-order valence-corrected chi connectivity index (χ4v) is 4.72. The number of aryl methyl sites for hydroxylation is 1. The van der Waals surface area contributed by atoms with Gasteiger partial charge in [0.25, 0.3) is 5.91 Å². The zero-order valence-corrected chi connectivity index (χ0v) is 16.2. The zero-order chi connectivity index (χ0) is 19.1. The lowest BCUT2D eigenvalue weighted by atomic mass is 10.1. The quantitative estimate of drug-likeness (QED) is 0.778. The summed E-state index contributed by atoms with van der Waals surface area (Å²) in [6.45, 7) is 3.69. The van der Waals surface area contributed by atoms with Gasteiger partial charge >= 0.3 is 0 Å². The van der Waals surface area contributed by atoms with Crippen LogP contribution in [0.15, 0.2) is 36.7 Å². The second-order valence-corrected chi connectivity index (χ2v) is 8.00. The Labute approximate surface area is 164 Å². The van der Waals surface area contributed by atoms with E-state index in [0.29, 0.717) is 44.7 Å². The van der Waals surface area contributed by atoms with Gasteiger partial charge in [-0.2, -0.15) is 0 Å². The molecule has 28 heavy (non-hydrogen) atoms. The molecule has 0 N–H and O–H groups in total. The summed E-state index contributed by atoms with van der Waals surface area (Å²) in [6, 6.07) is 9.18. The smallest absolute Gasteiger partial charge is 0.290 e. The van der Waals surface area contributed by atoms with Crippen LogP contribution in [0.1, 0.15) is 21.7 Å². The van der Waals surface area contributed by atoms with Crippen molar-refractivity contribution in [2.45, 2.75) is 24.7 Å². The molecule has 2 aliphatic heterocycles. The molecule has 2 aromatic rings. The SMILES string of the molecule is Cn1ccnc1C(=O)N1CCOC2(C1)CN(C1Cc3ccccc3C1)CCO2. The molecule has 1 spiro atoms. The molecule has 1 amide bonds. The lowest BCUT2D eigenvalue weighted by Crippen LogP contribution is -2.64. The Morgan fingerprint density at radius 1 is 1.11 bits per heavy atom. The van der Waals surface area contributed by atoms with Crippen molar-refractivity contribution in [3.63, 3.8) is 0 Å². The Morgan fingerprint density at radius 2 is 1.82 bits per heavy atom. The van der Waals surface area contributed by atoms with Gasteiger partial charge in [-0.25, -0.2) is 4.98 Å². The summed E-state index contributed by atoms with van der Waals surface area (Å²) in [5, 5.41) is 0. The average molecular weight is 382 g/mol. The number of carbonyl (C=O) groups excluding carboxylic acids is 1. The van der Waals surface area contributed by atoms with Crippen molar-refractivity contribution in [3.05, 3.63) is 53.6 Å². The third-order valence-corrected chi connectivity index (χ3v) is 6.19. The molecule has 1 aromatic carbocycles. The topological polar surface area (TPSA) is 59.8 Å². The number of morpholine rings is 2. The molecule has 5 rings (SSSR count). The Morgan fingerprint density at radius 3 is 2.50 bits per heavy atom. The first-order valence-electron chi connectivity index (χ1n) is 9.99. The van der Waals surface area contributed by atoms with Gasteiger partial charge in [0.1, 0.15) is 0 Å². The molecule has 1 aromatic heterocycles. The summed E-state index contributed by atoms with van der Waals surface area (Å²) in [7, 11) is 1.84. The standard InChI is InChI=1S/C21H26N4O3/c1-23-7-6-22-19(23)20(26)25-9-11-28-21(15-25)14-24(8-10-27-21)18-12-16-4-2-3-5-17(16)13-18/h2-7,18H,8-15H2,1H3. The van der Waals surface area contributed by atoms with Crippen molar-refractivity contribution >= 4 is 5.91 Å². The first-order chi connectivity index (χ1) is 13.6. The number of hydrogen-bond acceptors (Lipinski definition) is 5. The Balaban J connectivity index is 1.30. The maximum absolute atomic E-state index is 12.9. The van der Waals surface area contributed by atoms with E-state index in [9.17, 15) is 4.79 Å². The zero-order valence-electron chi connectivity index (χ0n) is 16.2. The van der Waals surface area contributed by atoms with Crippen LogP contribution in [0, 0.1) is 0 Å². The molecule has 1 atom stereocenters. The molecule has 1 aliphatic carbocycles. The van der Waals surface area contributed by atoms with E-state index in [1.807, 2.05) is 11.9 Å². The third kappa shape index (κ3) is 3.13. The number of nitrogens with zero attached hydrogens (tertiary/aromatic N) is 4. The number of rotatable bonds is 2. The molecule has 0 bridgehead atoms. The number of amides is 1. The van der Waals surface area contributed by atoms with Gasteiger partial charge < -0.3 is 18.9 Å². The van der Waals surface area contributed by atoms with E-state index in [0.717, 1.165) is 19.4 Å². The minimum Gasteiger partial charge on any atom is -0.346 e. The molecule has 7 nitrogen and oxygen atoms in total. The van der Waals surface area contributed by atoms with Crippen molar-refractivity contribution in [1.29, 1.82) is 0 Å². The Kier molecular flexibility index (Phi) is 4.45. The average Bonchev–Trinajstić information content (AvgIpc) is 3.33. The highest BCUT2D eigenvalue weighted by atomic mass is 16.7. The van der Waals surface area contributed by atoms with E-state index in [1.54, 1.807) is 17.0 Å². The second-order valence-electron chi connectivity index (χ2n) is 8.00. The maximum Gasteiger partial charge on any atom is 0.290 e. The fraction of sp³-hybridized carbons (Fsp3) is 0.524. The summed E-state index contributed by atoms with van der Waals surface area (Å²) in [5.74, 6) is -0.355. The molecule has 3 aliphatic rings. The number of aromatic nitrogens is 2. The van der Waals surface area contributed by atoms with Crippen LogP contribution < -0.4 is 0 Å². The Hall–Kier alpha value is -2.22. The van der Waals surface area contributed by atoms with Crippen molar-refractivity contribution in [3.8, 4) is 0 Å². The minimum atomic E-state index is -0.744. The van der Waals surface area contributed by atoms with E-state index >= 15 is 0 Å². The number of hydrogen-bond donors (Lipinski definition) is 0. The first kappa shape index (κ1) is 17.8. The molecular weight excluding hydrogens is 356 g/mol. The third-order valence-electron chi connectivity index (χ3n) is 6.19. The number of ether oxygens (including phenoxy) is 2. The van der Waals surface area contributed by atoms with Gasteiger partial charge in [-0.3, -0.25) is 9.69 Å². The maximum atomic E-state index is 12.9. The van der Waals surface area contributed by atoms with Gasteiger partial charge in [0.05, 0.1) is 26.3 Å². The lowest BCUT2D eigenvalue weighted by molar-refractivity contribution is -0.289. The van der Waals surface area contributed by atoms with Crippen LogP contribution >= 0.6 is 0 Å². The molecule has 0 radical (unpaired) electrons. The lowest BCUT2D eigenvalue weighted by Gasteiger charge is -2.48. The molecule has 2 saturated heterocycles. The van der Waals surface area contributed by atoms with Crippen LogP contribution in [0.4, 0.5) is 0 Å². The summed E-state index contributed by atoms with van der Waals surface area (Å²) in [4.78, 5) is 21.4. The number of imidazole rings is 1. The van der Waals surface area contributed by atoms with Gasteiger partial charge in [0.2, 0.25) is 0 Å². The van der Waals surface area contributed by atoms with Crippen molar-refractivity contribution in [1.82, 2.24) is 19.4 Å². The van der Waals surface area contributed by atoms with E-state index in [2.05, 4.69) is 34.1 Å². The van der Waals surface area contributed by atoms with Crippen LogP contribution in [-0.4, -0.2) is 76.5 Å². The largest absolute Gasteiger partial charge is 0.346 e. The monoisotopic (exact) mass is 382 g/mol. The summed E-state index contributed by atoms with van der Waals surface area (Å²) < 4.78 is 14.0. The predicted molar refractivity (Wildman–Crippen MR) is 103 cm³/mol. The number of carbonyl (C=O) groups is 1. The van der Waals surface area contributed by atoms with Crippen LogP contribution in [0.3, 0.4) is 0 Å².